The summed E-state index contributed by atoms with van der Waals surface area (Å²) in [5.41, 5.74) is 1.14. The number of aromatic nitrogens is 1. The van der Waals surface area contributed by atoms with E-state index in [4.69, 9.17) is 9.31 Å². The van der Waals surface area contributed by atoms with Gasteiger partial charge in [0.1, 0.15) is 0 Å². The highest BCUT2D eigenvalue weighted by molar-refractivity contribution is 6.62. The Morgan fingerprint density at radius 1 is 1.17 bits per heavy atom. The van der Waals surface area contributed by atoms with Gasteiger partial charge in [0.15, 0.2) is 5.82 Å². The summed E-state index contributed by atoms with van der Waals surface area (Å²) in [7, 11) is -0.374. The second-order valence-corrected chi connectivity index (χ2v) is 5.59. The van der Waals surface area contributed by atoms with Crippen LogP contribution in [-0.2, 0) is 9.31 Å². The fourth-order valence-corrected chi connectivity index (χ4v) is 1.87. The average Bonchev–Trinajstić information content (AvgIpc) is 2.47. The third kappa shape index (κ3) is 2.08. The number of pyridine rings is 1. The molecule has 2 rings (SSSR count). The van der Waals surface area contributed by atoms with Crippen molar-refractivity contribution < 1.29 is 9.31 Å². The third-order valence-electron chi connectivity index (χ3n) is 3.78. The van der Waals surface area contributed by atoms with Gasteiger partial charge in [0.2, 0.25) is 0 Å². The Morgan fingerprint density at radius 3 is 2.17 bits per heavy atom. The van der Waals surface area contributed by atoms with Crippen LogP contribution in [0, 0.1) is 6.92 Å². The molecule has 1 aliphatic heterocycles. The number of rotatable bonds is 2. The zero-order valence-corrected chi connectivity index (χ0v) is 11.7. The molecule has 0 atom stereocenters. The fraction of sp³-hybridized carbons (Fsp3) is 0.538. The van der Waals surface area contributed by atoms with Crippen LogP contribution in [0.3, 0.4) is 0 Å². The van der Waals surface area contributed by atoms with Gasteiger partial charge in [-0.3, -0.25) is 0 Å². The number of hydrogen-bond acceptors (Lipinski definition) is 4. The van der Waals surface area contributed by atoms with Crippen molar-refractivity contribution in [2.75, 3.05) is 0 Å². The smallest absolute Gasteiger partial charge is 0.399 e. The minimum Gasteiger partial charge on any atom is -0.399 e. The van der Waals surface area contributed by atoms with Crippen LogP contribution in [0.15, 0.2) is 17.1 Å². The maximum absolute atomic E-state index is 6.00. The number of nitrogens with zero attached hydrogens (tertiary/aromatic N) is 2. The molecule has 0 bridgehead atoms. The lowest BCUT2D eigenvalue weighted by atomic mass is 9.78. The highest BCUT2D eigenvalue weighted by Gasteiger charge is 2.52. The predicted molar refractivity (Wildman–Crippen MR) is 73.9 cm³/mol. The Labute approximate surface area is 109 Å². The molecule has 1 fully saturated rings. The van der Waals surface area contributed by atoms with Gasteiger partial charge in [-0.1, -0.05) is 6.07 Å². The van der Waals surface area contributed by atoms with Crippen molar-refractivity contribution in [1.29, 1.82) is 0 Å². The van der Waals surface area contributed by atoms with Gasteiger partial charge in [-0.05, 0) is 47.4 Å². The molecule has 0 N–H and O–H groups in total. The molecule has 2 heterocycles. The Balaban J connectivity index is 2.32. The van der Waals surface area contributed by atoms with Crippen molar-refractivity contribution in [3.8, 4) is 0 Å². The third-order valence-corrected chi connectivity index (χ3v) is 3.78. The van der Waals surface area contributed by atoms with Crippen molar-refractivity contribution in [3.05, 3.63) is 17.8 Å². The Bertz CT molecular complexity index is 470. The SMILES string of the molecule is C=Nc1ccc(B2OC(C)(C)C(C)(C)O2)c(C)n1. The molecule has 4 nitrogen and oxygen atoms in total. The van der Waals surface area contributed by atoms with Gasteiger partial charge in [-0.15, -0.1) is 0 Å². The summed E-state index contributed by atoms with van der Waals surface area (Å²) < 4.78 is 12.0. The van der Waals surface area contributed by atoms with E-state index in [1.807, 2.05) is 46.8 Å². The van der Waals surface area contributed by atoms with Crippen LogP contribution in [0.1, 0.15) is 33.4 Å². The highest BCUT2D eigenvalue weighted by Crippen LogP contribution is 2.36. The van der Waals surface area contributed by atoms with Gasteiger partial charge in [-0.2, -0.15) is 0 Å². The quantitative estimate of drug-likeness (QED) is 0.592. The van der Waals surface area contributed by atoms with Gasteiger partial charge >= 0.3 is 7.12 Å². The molecule has 5 heteroatoms. The van der Waals surface area contributed by atoms with Gasteiger partial charge in [0.25, 0.3) is 0 Å². The highest BCUT2D eigenvalue weighted by atomic mass is 16.7. The molecular formula is C13H19BN2O2. The predicted octanol–water partition coefficient (Wildman–Crippen LogP) is 2.02. The van der Waals surface area contributed by atoms with E-state index >= 15 is 0 Å². The van der Waals surface area contributed by atoms with Crippen molar-refractivity contribution in [1.82, 2.24) is 4.98 Å². The molecule has 18 heavy (non-hydrogen) atoms. The topological polar surface area (TPSA) is 43.7 Å². The van der Waals surface area contributed by atoms with E-state index < -0.39 is 0 Å². The lowest BCUT2D eigenvalue weighted by molar-refractivity contribution is 0.00578. The number of aliphatic imine (C=N–C) groups is 1. The van der Waals surface area contributed by atoms with E-state index in [2.05, 4.69) is 16.7 Å². The van der Waals surface area contributed by atoms with Gasteiger partial charge < -0.3 is 9.31 Å². The Morgan fingerprint density at radius 2 is 1.72 bits per heavy atom. The van der Waals surface area contributed by atoms with Crippen LogP contribution in [-0.4, -0.2) is 30.0 Å². The molecule has 0 unspecified atom stereocenters. The lowest BCUT2D eigenvalue weighted by Gasteiger charge is -2.32. The van der Waals surface area contributed by atoms with Crippen molar-refractivity contribution in [3.63, 3.8) is 0 Å². The van der Waals surface area contributed by atoms with Gasteiger partial charge in [0.05, 0.1) is 11.2 Å². The van der Waals surface area contributed by atoms with Crippen molar-refractivity contribution >= 4 is 25.1 Å². The summed E-state index contributed by atoms with van der Waals surface area (Å²) in [6.07, 6.45) is 0. The Kier molecular flexibility index (Phi) is 3.07. The normalized spacial score (nSPS) is 21.1. The van der Waals surface area contributed by atoms with Crippen LogP contribution in [0.4, 0.5) is 5.82 Å². The van der Waals surface area contributed by atoms with E-state index in [-0.39, 0.29) is 18.3 Å². The first-order valence-electron chi connectivity index (χ1n) is 6.07. The maximum Gasteiger partial charge on any atom is 0.496 e. The number of aryl methyl sites for hydroxylation is 1. The van der Waals surface area contributed by atoms with E-state index in [1.165, 1.54) is 0 Å². The minimum absolute atomic E-state index is 0.334. The molecule has 0 radical (unpaired) electrons. The fourth-order valence-electron chi connectivity index (χ4n) is 1.87. The first-order valence-corrected chi connectivity index (χ1v) is 6.07. The average molecular weight is 246 g/mol. The first kappa shape index (κ1) is 13.2. The molecule has 0 aliphatic carbocycles. The molecule has 1 aromatic rings. The van der Waals surface area contributed by atoms with E-state index in [9.17, 15) is 0 Å². The zero-order valence-electron chi connectivity index (χ0n) is 11.7. The van der Waals surface area contributed by atoms with Crippen molar-refractivity contribution in [2.45, 2.75) is 45.8 Å². The second kappa shape index (κ2) is 4.18. The van der Waals surface area contributed by atoms with Crippen LogP contribution in [0.25, 0.3) is 0 Å². The molecule has 96 valence electrons. The van der Waals surface area contributed by atoms with E-state index in [0.29, 0.717) is 5.82 Å². The largest absolute Gasteiger partial charge is 0.496 e. The summed E-state index contributed by atoms with van der Waals surface area (Å²) in [5, 5.41) is 0. The van der Waals surface area contributed by atoms with E-state index in [0.717, 1.165) is 11.2 Å². The summed E-state index contributed by atoms with van der Waals surface area (Å²) in [6.45, 7) is 13.5. The van der Waals surface area contributed by atoms with Gasteiger partial charge in [0, 0.05) is 11.2 Å². The maximum atomic E-state index is 6.00. The minimum atomic E-state index is -0.374. The lowest BCUT2D eigenvalue weighted by Crippen LogP contribution is -2.41. The molecule has 0 amide bonds. The van der Waals surface area contributed by atoms with Crippen molar-refractivity contribution in [2.24, 2.45) is 4.99 Å². The standard InChI is InChI=1S/C13H19BN2O2/c1-9-10(7-8-11(15-6)16-9)14-17-12(2,3)13(4,5)18-14/h7-8H,6H2,1-5H3. The molecule has 0 saturated carbocycles. The van der Waals surface area contributed by atoms with Crippen LogP contribution in [0.2, 0.25) is 0 Å². The van der Waals surface area contributed by atoms with Crippen LogP contribution >= 0.6 is 0 Å². The van der Waals surface area contributed by atoms with Crippen LogP contribution in [0.5, 0.6) is 0 Å². The summed E-state index contributed by atoms with van der Waals surface area (Å²) in [5.74, 6) is 0.618. The van der Waals surface area contributed by atoms with Crippen LogP contribution < -0.4 is 5.46 Å². The molecule has 1 aliphatic rings. The molecule has 1 saturated heterocycles. The summed E-state index contributed by atoms with van der Waals surface area (Å²) in [4.78, 5) is 8.16. The first-order chi connectivity index (χ1) is 8.27. The monoisotopic (exact) mass is 246 g/mol. The second-order valence-electron chi connectivity index (χ2n) is 5.59. The van der Waals surface area contributed by atoms with Gasteiger partial charge in [-0.25, -0.2) is 9.98 Å². The molecular weight excluding hydrogens is 227 g/mol. The molecule has 1 aromatic heterocycles. The number of hydrogen-bond donors (Lipinski definition) is 0. The molecule has 0 aromatic carbocycles. The van der Waals surface area contributed by atoms with E-state index in [1.54, 1.807) is 0 Å². The summed E-state index contributed by atoms with van der Waals surface area (Å²) in [6, 6.07) is 3.76. The molecule has 0 spiro atoms. The Hall–Kier alpha value is -1.20. The zero-order chi connectivity index (χ0) is 13.6. The summed E-state index contributed by atoms with van der Waals surface area (Å²) >= 11 is 0.